The number of hydrogen-bond acceptors (Lipinski definition) is 5. The molecule has 8 heteroatoms. The van der Waals surface area contributed by atoms with Crippen LogP contribution in [0.25, 0.3) is 0 Å². The van der Waals surface area contributed by atoms with Gasteiger partial charge in [-0.1, -0.05) is 13.2 Å². The molecule has 1 aliphatic rings. The van der Waals surface area contributed by atoms with Gasteiger partial charge in [0.15, 0.2) is 0 Å². The number of amides is 2. The third-order valence-electron chi connectivity index (χ3n) is 1.96. The number of hydrogen-bond donors (Lipinski definition) is 2. The zero-order valence-electron chi connectivity index (χ0n) is 12.1. The fraction of sp³-hybridized carbons (Fsp3) is 0.462. The van der Waals surface area contributed by atoms with Crippen molar-refractivity contribution in [3.63, 3.8) is 0 Å². The molecule has 0 aromatic heterocycles. The average Bonchev–Trinajstić information content (AvgIpc) is 2.48. The minimum absolute atomic E-state index is 0.00306. The van der Waals surface area contributed by atoms with Gasteiger partial charge in [-0.25, -0.2) is 9.59 Å². The van der Waals surface area contributed by atoms with E-state index in [1.54, 1.807) is 11.8 Å². The third kappa shape index (κ3) is 15.6. The van der Waals surface area contributed by atoms with Crippen LogP contribution in [-0.4, -0.2) is 60.9 Å². The lowest BCUT2D eigenvalue weighted by Gasteiger charge is -2.25. The summed E-state index contributed by atoms with van der Waals surface area (Å²) in [4.78, 5) is 31.5. The predicted molar refractivity (Wildman–Crippen MR) is 76.6 cm³/mol. The van der Waals surface area contributed by atoms with E-state index in [1.165, 1.54) is 6.08 Å². The summed E-state index contributed by atoms with van der Waals surface area (Å²) in [7, 11) is 0. The largest absolute Gasteiger partial charge is 0.478 e. The summed E-state index contributed by atoms with van der Waals surface area (Å²) in [5.41, 5.74) is 4.54. The number of carboxylic acids is 1. The molecule has 1 fully saturated rings. The molecule has 0 radical (unpaired) electrons. The molecule has 0 saturated carbocycles. The minimum atomic E-state index is -0.981. The van der Waals surface area contributed by atoms with Gasteiger partial charge < -0.3 is 25.2 Å². The van der Waals surface area contributed by atoms with Crippen molar-refractivity contribution in [3.8, 4) is 0 Å². The fourth-order valence-electron chi connectivity index (χ4n) is 1.06. The van der Waals surface area contributed by atoms with E-state index in [9.17, 15) is 14.4 Å². The number of aliphatic carboxylic acids is 1. The van der Waals surface area contributed by atoms with Gasteiger partial charge in [0.1, 0.15) is 0 Å². The molecule has 0 unspecified atom stereocenters. The van der Waals surface area contributed by atoms with Crippen molar-refractivity contribution in [2.24, 2.45) is 5.73 Å². The Bertz CT molecular complexity index is 351. The Balaban J connectivity index is 0. The molecule has 120 valence electrons. The van der Waals surface area contributed by atoms with Crippen LogP contribution in [0.15, 0.2) is 25.3 Å². The third-order valence-corrected chi connectivity index (χ3v) is 1.96. The summed E-state index contributed by atoms with van der Waals surface area (Å²) in [5, 5.41) is 7.60. The van der Waals surface area contributed by atoms with Crippen LogP contribution in [0, 0.1) is 0 Å². The second-order valence-corrected chi connectivity index (χ2v) is 3.44. The van der Waals surface area contributed by atoms with E-state index in [1.807, 2.05) is 0 Å². The summed E-state index contributed by atoms with van der Waals surface area (Å²) >= 11 is 0. The van der Waals surface area contributed by atoms with Gasteiger partial charge in [0.25, 0.3) is 0 Å². The number of rotatable bonds is 3. The Morgan fingerprint density at radius 1 is 1.29 bits per heavy atom. The average molecular weight is 302 g/mol. The summed E-state index contributed by atoms with van der Waals surface area (Å²) in [6.45, 7) is 11.1. The van der Waals surface area contributed by atoms with Crippen LogP contribution in [0.4, 0.5) is 4.79 Å². The SMILES string of the molecule is C=CC(=O)N1CCOCC1.C=CC(=O)O.CCOC(N)=O. The van der Waals surface area contributed by atoms with E-state index in [0.29, 0.717) is 32.9 Å². The van der Waals surface area contributed by atoms with Crippen LogP contribution < -0.4 is 5.73 Å². The Kier molecular flexibility index (Phi) is 14.0. The van der Waals surface area contributed by atoms with Crippen molar-refractivity contribution in [2.75, 3.05) is 32.9 Å². The van der Waals surface area contributed by atoms with Crippen LogP contribution in [-0.2, 0) is 19.1 Å². The summed E-state index contributed by atoms with van der Waals surface area (Å²) in [6, 6.07) is 0. The topological polar surface area (TPSA) is 119 Å². The highest BCUT2D eigenvalue weighted by atomic mass is 16.5. The van der Waals surface area contributed by atoms with Crippen LogP contribution >= 0.6 is 0 Å². The maximum Gasteiger partial charge on any atom is 0.404 e. The molecule has 1 aliphatic heterocycles. The molecule has 0 aliphatic carbocycles. The molecular weight excluding hydrogens is 280 g/mol. The van der Waals surface area contributed by atoms with Gasteiger partial charge in [0, 0.05) is 19.2 Å². The number of nitrogens with zero attached hydrogens (tertiary/aromatic N) is 1. The molecule has 3 N–H and O–H groups in total. The number of morpholine rings is 1. The van der Waals surface area contributed by atoms with E-state index in [4.69, 9.17) is 9.84 Å². The number of nitrogens with two attached hydrogens (primary N) is 1. The lowest BCUT2D eigenvalue weighted by molar-refractivity contribution is -0.131. The Hall–Kier alpha value is -2.35. The van der Waals surface area contributed by atoms with E-state index < -0.39 is 12.1 Å². The van der Waals surface area contributed by atoms with Crippen molar-refractivity contribution < 1.29 is 29.0 Å². The van der Waals surface area contributed by atoms with Crippen molar-refractivity contribution >= 4 is 18.0 Å². The van der Waals surface area contributed by atoms with E-state index in [-0.39, 0.29) is 5.91 Å². The van der Waals surface area contributed by atoms with Crippen molar-refractivity contribution in [1.29, 1.82) is 0 Å². The standard InChI is InChI=1S/C7H11NO2.C3H7NO2.C3H4O2/c1-2-7(9)8-3-5-10-6-4-8;1-2-6-3(4)5;1-2-3(4)5/h2H,1,3-6H2;2H2,1H3,(H2,4,5);2H,1H2,(H,4,5). The van der Waals surface area contributed by atoms with Gasteiger partial charge in [-0.2, -0.15) is 0 Å². The molecule has 1 saturated heterocycles. The molecule has 1 heterocycles. The maximum absolute atomic E-state index is 10.9. The van der Waals surface area contributed by atoms with Gasteiger partial charge in [-0.3, -0.25) is 4.79 Å². The highest BCUT2D eigenvalue weighted by Gasteiger charge is 2.12. The van der Waals surface area contributed by atoms with Crippen LogP contribution in [0.5, 0.6) is 0 Å². The number of carboxylic acid groups (broad SMARTS) is 1. The first-order valence-electron chi connectivity index (χ1n) is 6.15. The lowest BCUT2D eigenvalue weighted by Crippen LogP contribution is -2.39. The highest BCUT2D eigenvalue weighted by Crippen LogP contribution is 1.96. The molecular formula is C13H22N2O6. The van der Waals surface area contributed by atoms with E-state index in [0.717, 1.165) is 6.08 Å². The molecule has 0 atom stereocenters. The van der Waals surface area contributed by atoms with Crippen molar-refractivity contribution in [3.05, 3.63) is 25.3 Å². The Morgan fingerprint density at radius 2 is 1.76 bits per heavy atom. The first-order valence-corrected chi connectivity index (χ1v) is 6.15. The molecule has 0 aromatic carbocycles. The zero-order chi connectivity index (χ0) is 16.7. The van der Waals surface area contributed by atoms with Gasteiger partial charge in [0.05, 0.1) is 19.8 Å². The predicted octanol–water partition coefficient (Wildman–Crippen LogP) is 0.390. The molecule has 8 nitrogen and oxygen atoms in total. The second-order valence-electron chi connectivity index (χ2n) is 3.44. The molecule has 0 spiro atoms. The lowest BCUT2D eigenvalue weighted by atomic mass is 10.4. The summed E-state index contributed by atoms with van der Waals surface area (Å²) in [5.74, 6) is -0.978. The van der Waals surface area contributed by atoms with Crippen LogP contribution in [0.1, 0.15) is 6.92 Å². The smallest absolute Gasteiger partial charge is 0.404 e. The first-order chi connectivity index (χ1) is 9.88. The fourth-order valence-corrected chi connectivity index (χ4v) is 1.06. The molecule has 0 aromatic rings. The Morgan fingerprint density at radius 3 is 2.00 bits per heavy atom. The second kappa shape index (κ2) is 14.1. The number of primary amides is 1. The normalized spacial score (nSPS) is 12.5. The number of carbonyl (C=O) groups is 3. The first kappa shape index (κ1) is 21.0. The molecule has 2 amide bonds. The van der Waals surface area contributed by atoms with Crippen LogP contribution in [0.3, 0.4) is 0 Å². The summed E-state index contributed by atoms with van der Waals surface area (Å²) < 4.78 is 9.25. The summed E-state index contributed by atoms with van der Waals surface area (Å²) in [6.07, 6.45) is 1.46. The molecule has 21 heavy (non-hydrogen) atoms. The molecule has 1 rings (SSSR count). The van der Waals surface area contributed by atoms with Crippen molar-refractivity contribution in [2.45, 2.75) is 6.92 Å². The van der Waals surface area contributed by atoms with E-state index >= 15 is 0 Å². The Labute approximate surface area is 123 Å². The zero-order valence-corrected chi connectivity index (χ0v) is 12.1. The molecule has 0 bridgehead atoms. The van der Waals surface area contributed by atoms with Gasteiger partial charge >= 0.3 is 12.1 Å². The highest BCUT2D eigenvalue weighted by molar-refractivity contribution is 5.87. The van der Waals surface area contributed by atoms with Gasteiger partial charge in [-0.05, 0) is 13.0 Å². The van der Waals surface area contributed by atoms with Gasteiger partial charge in [-0.15, -0.1) is 0 Å². The monoisotopic (exact) mass is 302 g/mol. The minimum Gasteiger partial charge on any atom is -0.478 e. The van der Waals surface area contributed by atoms with Gasteiger partial charge in [0.2, 0.25) is 5.91 Å². The number of ether oxygens (including phenoxy) is 2. The van der Waals surface area contributed by atoms with E-state index in [2.05, 4.69) is 23.6 Å². The maximum atomic E-state index is 10.9. The van der Waals surface area contributed by atoms with Crippen LogP contribution in [0.2, 0.25) is 0 Å². The van der Waals surface area contributed by atoms with Crippen molar-refractivity contribution in [1.82, 2.24) is 4.90 Å². The number of carbonyl (C=O) groups excluding carboxylic acids is 2. The quantitative estimate of drug-likeness (QED) is 0.728.